The van der Waals surface area contributed by atoms with Gasteiger partial charge >= 0.3 is 0 Å². The minimum Gasteiger partial charge on any atom is -0.456 e. The van der Waals surface area contributed by atoms with Crippen molar-refractivity contribution < 1.29 is 23.6 Å². The van der Waals surface area contributed by atoms with Gasteiger partial charge in [0.2, 0.25) is 0 Å². The van der Waals surface area contributed by atoms with Crippen LogP contribution < -0.4 is 4.90 Å². The molecule has 0 unspecified atom stereocenters. The molecule has 0 saturated heterocycles. The first-order chi connectivity index (χ1) is 34.0. The number of fused-ring (bicyclic) bond motifs is 6. The summed E-state index contributed by atoms with van der Waals surface area (Å²) in [5.74, 6) is 1.26. The maximum Gasteiger partial charge on any atom is 0.164 e. The van der Waals surface area contributed by atoms with Gasteiger partial charge in [0.25, 0.3) is 0 Å². The maximum atomic E-state index is 9.67. The standard InChI is InChI=1S/C51H32N4OS/c1-4-14-33(15-5-1)49-52-50(36-27-28-41-40-22-10-11-25-46(40)57-47(41)32-36)54-51(53-49)43-23-13-24-44-48(43)42-29-26-35(31-45(42)56-44)34-16-12-21-39(30-34)55(37-17-6-2-7-18-37)38-19-8-3-9-20-38/h1-32H/i2D,3D,6D,7D,8D,9D,12D,16D,17D,18D,19D,20D,21D,30D. The third-order valence-electron chi connectivity index (χ3n) is 9.59. The maximum absolute atomic E-state index is 9.67. The van der Waals surface area contributed by atoms with Crippen molar-refractivity contribution in [2.45, 2.75) is 0 Å². The first-order valence-electron chi connectivity index (χ1n) is 24.8. The quantitative estimate of drug-likeness (QED) is 0.162. The molecule has 0 spiro atoms. The second kappa shape index (κ2) is 13.7. The average Bonchev–Trinajstić information content (AvgIpc) is 3.96. The lowest BCUT2D eigenvalue weighted by Crippen LogP contribution is -2.09. The predicted molar refractivity (Wildman–Crippen MR) is 236 cm³/mol. The van der Waals surface area contributed by atoms with E-state index in [9.17, 15) is 1.37 Å². The molecule has 0 atom stereocenters. The van der Waals surface area contributed by atoms with E-state index in [1.807, 2.05) is 54.6 Å². The summed E-state index contributed by atoms with van der Waals surface area (Å²) in [5.41, 5.74) is 0.656. The molecule has 0 bridgehead atoms. The molecule has 11 rings (SSSR count). The zero-order valence-electron chi connectivity index (χ0n) is 43.5. The molecular formula is C51H32N4OS. The van der Waals surface area contributed by atoms with Crippen LogP contribution in [0.4, 0.5) is 17.1 Å². The fraction of sp³-hybridized carbons (Fsp3) is 0. The Morgan fingerprint density at radius 3 is 1.93 bits per heavy atom. The average molecular weight is 763 g/mol. The van der Waals surface area contributed by atoms with Crippen LogP contribution in [0.25, 0.3) is 87.4 Å². The van der Waals surface area contributed by atoms with Gasteiger partial charge in [-0.1, -0.05) is 127 Å². The molecule has 0 N–H and O–H groups in total. The fourth-order valence-corrected chi connectivity index (χ4v) is 8.16. The lowest BCUT2D eigenvalue weighted by molar-refractivity contribution is 0.669. The van der Waals surface area contributed by atoms with E-state index in [1.165, 1.54) is 0 Å². The first-order valence-corrected chi connectivity index (χ1v) is 18.6. The highest BCUT2D eigenvalue weighted by atomic mass is 32.1. The van der Waals surface area contributed by atoms with Crippen molar-refractivity contribution in [3.63, 3.8) is 0 Å². The number of hydrogen-bond acceptors (Lipinski definition) is 6. The van der Waals surface area contributed by atoms with E-state index in [4.69, 9.17) is 37.2 Å². The number of benzene rings is 8. The van der Waals surface area contributed by atoms with Gasteiger partial charge in [-0.05, 0) is 77.7 Å². The highest BCUT2D eigenvalue weighted by Crippen LogP contribution is 2.41. The largest absolute Gasteiger partial charge is 0.456 e. The Hall–Kier alpha value is -7.41. The number of rotatable bonds is 7. The van der Waals surface area contributed by atoms with Crippen LogP contribution >= 0.6 is 11.3 Å². The van der Waals surface area contributed by atoms with Crippen LogP contribution in [0.5, 0.6) is 0 Å². The Labute approximate surface area is 352 Å². The molecule has 0 radical (unpaired) electrons. The third-order valence-corrected chi connectivity index (χ3v) is 10.7. The summed E-state index contributed by atoms with van der Waals surface area (Å²) in [7, 11) is 0. The topological polar surface area (TPSA) is 55.1 Å². The van der Waals surface area contributed by atoms with Crippen LogP contribution in [0.2, 0.25) is 0 Å². The van der Waals surface area contributed by atoms with Crippen molar-refractivity contribution in [2.24, 2.45) is 0 Å². The van der Waals surface area contributed by atoms with Gasteiger partial charge in [-0.25, -0.2) is 15.0 Å². The van der Waals surface area contributed by atoms with Crippen LogP contribution in [0, 0.1) is 0 Å². The van der Waals surface area contributed by atoms with Crippen LogP contribution in [0.15, 0.2) is 198 Å². The van der Waals surface area contributed by atoms with Crippen molar-refractivity contribution in [1.29, 1.82) is 0 Å². The lowest BCUT2D eigenvalue weighted by atomic mass is 10.0. The second-order valence-corrected chi connectivity index (χ2v) is 14.1. The first kappa shape index (κ1) is 21.6. The van der Waals surface area contributed by atoms with E-state index in [1.54, 1.807) is 41.7 Å². The lowest BCUT2D eigenvalue weighted by Gasteiger charge is -2.25. The Kier molecular flexibility index (Phi) is 5.20. The molecule has 0 fully saturated rings. The molecule has 0 amide bonds. The van der Waals surface area contributed by atoms with E-state index in [0.717, 1.165) is 31.3 Å². The number of anilines is 3. The highest BCUT2D eigenvalue weighted by Gasteiger charge is 2.19. The number of aromatic nitrogens is 3. The Balaban J connectivity index is 1.11. The molecule has 0 saturated carbocycles. The smallest absolute Gasteiger partial charge is 0.164 e. The minimum atomic E-state index is -0.873. The predicted octanol–water partition coefficient (Wildman–Crippen LogP) is 14.3. The molecular weight excluding hydrogens is 717 g/mol. The fourth-order valence-electron chi connectivity index (χ4n) is 7.01. The molecule has 6 heteroatoms. The summed E-state index contributed by atoms with van der Waals surface area (Å²) in [4.78, 5) is 15.7. The van der Waals surface area contributed by atoms with Crippen LogP contribution in [0.1, 0.15) is 19.2 Å². The van der Waals surface area contributed by atoms with Crippen molar-refractivity contribution in [3.8, 4) is 45.3 Å². The monoisotopic (exact) mass is 762 g/mol. The van der Waals surface area contributed by atoms with E-state index in [2.05, 4.69) is 24.3 Å². The summed E-state index contributed by atoms with van der Waals surface area (Å²) in [6.07, 6.45) is 0. The molecule has 0 aliphatic heterocycles. The van der Waals surface area contributed by atoms with Gasteiger partial charge in [0, 0.05) is 64.7 Å². The Morgan fingerprint density at radius 2 is 1.12 bits per heavy atom. The highest BCUT2D eigenvalue weighted by molar-refractivity contribution is 7.25. The van der Waals surface area contributed by atoms with Crippen LogP contribution in [-0.2, 0) is 0 Å². The number of nitrogens with zero attached hydrogens (tertiary/aromatic N) is 4. The minimum absolute atomic E-state index is 0.148. The molecule has 268 valence electrons. The summed E-state index contributed by atoms with van der Waals surface area (Å²) >= 11 is 1.68. The zero-order chi connectivity index (χ0) is 49.9. The number of furan rings is 1. The van der Waals surface area contributed by atoms with E-state index in [-0.39, 0.29) is 16.7 Å². The summed E-state index contributed by atoms with van der Waals surface area (Å²) in [6, 6.07) is 23.0. The van der Waals surface area contributed by atoms with Crippen molar-refractivity contribution in [1.82, 2.24) is 15.0 Å². The molecule has 11 aromatic rings. The zero-order valence-corrected chi connectivity index (χ0v) is 30.3. The van der Waals surface area contributed by atoms with Crippen LogP contribution in [0.3, 0.4) is 0 Å². The molecule has 57 heavy (non-hydrogen) atoms. The molecule has 0 aliphatic carbocycles. The van der Waals surface area contributed by atoms with Gasteiger partial charge < -0.3 is 9.32 Å². The number of para-hydroxylation sites is 2. The molecule has 5 nitrogen and oxygen atoms in total. The molecule has 3 aromatic heterocycles. The van der Waals surface area contributed by atoms with Crippen molar-refractivity contribution >= 4 is 70.5 Å². The van der Waals surface area contributed by atoms with Crippen LogP contribution in [-0.4, -0.2) is 15.0 Å². The Morgan fingerprint density at radius 1 is 0.456 bits per heavy atom. The summed E-state index contributed by atoms with van der Waals surface area (Å²) in [6.45, 7) is 0. The SMILES string of the molecule is [2H]c1c([2H])c([2H])c(N(c2c([2H])c([2H])c([2H])c([2H])c2[2H])c2c([2H])c([2H])c([2H])c(-c3ccc4c(c3)oc3cccc(-c5nc(-c6ccccc6)nc(-c6ccc7c(c6)sc6ccccc67)n5)c34)c2[2H])c([2H])c1[2H]. The van der Waals surface area contributed by atoms with Gasteiger partial charge in [0.15, 0.2) is 17.5 Å². The third kappa shape index (κ3) is 5.91. The van der Waals surface area contributed by atoms with E-state index < -0.39 is 102 Å². The van der Waals surface area contributed by atoms with Gasteiger partial charge in [-0.2, -0.15) is 0 Å². The number of hydrogen-bond donors (Lipinski definition) is 0. The van der Waals surface area contributed by atoms with E-state index >= 15 is 0 Å². The van der Waals surface area contributed by atoms with Gasteiger partial charge in [0.05, 0.1) is 19.2 Å². The molecule has 0 aliphatic rings. The van der Waals surface area contributed by atoms with E-state index in [0.29, 0.717) is 44.3 Å². The summed E-state index contributed by atoms with van der Waals surface area (Å²) in [5, 5.41) is 3.52. The normalized spacial score (nSPS) is 14.9. The number of thiophene rings is 1. The van der Waals surface area contributed by atoms with Gasteiger partial charge in [-0.15, -0.1) is 11.3 Å². The van der Waals surface area contributed by atoms with Gasteiger partial charge in [0.1, 0.15) is 11.2 Å². The molecule has 3 heterocycles. The second-order valence-electron chi connectivity index (χ2n) is 13.0. The Bertz CT molecular complexity index is 3960. The molecule has 8 aromatic carbocycles. The summed E-state index contributed by atoms with van der Waals surface area (Å²) < 4.78 is 132. The van der Waals surface area contributed by atoms with Gasteiger partial charge in [-0.3, -0.25) is 0 Å². The van der Waals surface area contributed by atoms with Crippen molar-refractivity contribution in [2.75, 3.05) is 4.90 Å². The van der Waals surface area contributed by atoms with Crippen molar-refractivity contribution in [3.05, 3.63) is 194 Å².